The number of rotatable bonds is 3. The first kappa shape index (κ1) is 13.8. The second kappa shape index (κ2) is 5.56. The molecule has 0 unspecified atom stereocenters. The van der Waals surface area contributed by atoms with Gasteiger partial charge in [0.25, 0.3) is 5.91 Å². The Morgan fingerprint density at radius 1 is 1.32 bits per heavy atom. The number of pyridine rings is 1. The molecule has 0 atom stereocenters. The van der Waals surface area contributed by atoms with E-state index in [4.69, 9.17) is 10.5 Å². The van der Waals surface area contributed by atoms with Crippen LogP contribution in [0.4, 0.5) is 0 Å². The number of aromatic nitrogens is 1. The van der Waals surface area contributed by atoms with Crippen LogP contribution in [-0.2, 0) is 0 Å². The Bertz CT molecular complexity index is 641. The molecule has 0 bridgehead atoms. The molecule has 1 amide bonds. The minimum absolute atomic E-state index is 0.324. The molecule has 2 aromatic rings. The van der Waals surface area contributed by atoms with Gasteiger partial charge in [-0.15, -0.1) is 0 Å². The molecule has 0 aliphatic rings. The molecule has 0 saturated carbocycles. The van der Waals surface area contributed by atoms with Crippen LogP contribution in [0.1, 0.15) is 21.7 Å². The SMILES string of the molecule is Cc1cc(Oc2cccc(I)c2)c(C(N)=O)c(C)n1. The van der Waals surface area contributed by atoms with E-state index in [0.717, 1.165) is 9.26 Å². The fraction of sp³-hybridized carbons (Fsp3) is 0.143. The maximum absolute atomic E-state index is 11.5. The third-order valence-corrected chi connectivity index (χ3v) is 3.23. The van der Waals surface area contributed by atoms with Gasteiger partial charge >= 0.3 is 0 Å². The summed E-state index contributed by atoms with van der Waals surface area (Å²) in [5, 5.41) is 0. The van der Waals surface area contributed by atoms with E-state index in [-0.39, 0.29) is 0 Å². The molecular weight excluding hydrogens is 355 g/mol. The lowest BCUT2D eigenvalue weighted by Gasteiger charge is -2.12. The van der Waals surface area contributed by atoms with Gasteiger partial charge in [-0.3, -0.25) is 9.78 Å². The molecule has 1 aromatic heterocycles. The standard InChI is InChI=1S/C14H13IN2O2/c1-8-6-12(13(14(16)18)9(2)17-8)19-11-5-3-4-10(15)7-11/h3-7H,1-2H3,(H2,16,18). The molecule has 0 radical (unpaired) electrons. The van der Waals surface area contributed by atoms with Crippen LogP contribution < -0.4 is 10.5 Å². The zero-order valence-electron chi connectivity index (χ0n) is 10.6. The van der Waals surface area contributed by atoms with Crippen molar-refractivity contribution in [1.29, 1.82) is 0 Å². The maximum Gasteiger partial charge on any atom is 0.254 e. The van der Waals surface area contributed by atoms with Crippen molar-refractivity contribution in [2.24, 2.45) is 5.73 Å². The normalized spacial score (nSPS) is 10.3. The van der Waals surface area contributed by atoms with Gasteiger partial charge in [0.1, 0.15) is 17.1 Å². The highest BCUT2D eigenvalue weighted by Crippen LogP contribution is 2.28. The van der Waals surface area contributed by atoms with Crippen LogP contribution in [0.2, 0.25) is 0 Å². The Morgan fingerprint density at radius 3 is 2.68 bits per heavy atom. The smallest absolute Gasteiger partial charge is 0.254 e. The first-order valence-corrected chi connectivity index (χ1v) is 6.76. The minimum atomic E-state index is -0.536. The van der Waals surface area contributed by atoms with E-state index in [1.165, 1.54) is 0 Å². The van der Waals surface area contributed by atoms with Crippen LogP contribution in [0.5, 0.6) is 11.5 Å². The average Bonchev–Trinajstić information content (AvgIpc) is 2.26. The summed E-state index contributed by atoms with van der Waals surface area (Å²) < 4.78 is 6.82. The van der Waals surface area contributed by atoms with E-state index in [2.05, 4.69) is 27.6 Å². The van der Waals surface area contributed by atoms with Crippen molar-refractivity contribution in [1.82, 2.24) is 4.98 Å². The molecule has 1 heterocycles. The second-order valence-corrected chi connectivity index (χ2v) is 5.39. The first-order chi connectivity index (χ1) is 8.97. The van der Waals surface area contributed by atoms with Crippen LogP contribution >= 0.6 is 22.6 Å². The van der Waals surface area contributed by atoms with Crippen LogP contribution in [-0.4, -0.2) is 10.9 Å². The van der Waals surface area contributed by atoms with Gasteiger partial charge in [0, 0.05) is 15.3 Å². The molecule has 0 aliphatic carbocycles. The summed E-state index contributed by atoms with van der Waals surface area (Å²) >= 11 is 2.20. The van der Waals surface area contributed by atoms with E-state index in [1.807, 2.05) is 31.2 Å². The van der Waals surface area contributed by atoms with E-state index < -0.39 is 5.91 Å². The minimum Gasteiger partial charge on any atom is -0.456 e. The molecule has 5 heteroatoms. The third kappa shape index (κ3) is 3.23. The summed E-state index contributed by atoms with van der Waals surface area (Å²) in [5.41, 5.74) is 7.07. The highest BCUT2D eigenvalue weighted by molar-refractivity contribution is 14.1. The molecule has 0 spiro atoms. The summed E-state index contributed by atoms with van der Waals surface area (Å²) in [6, 6.07) is 9.29. The topological polar surface area (TPSA) is 65.2 Å². The molecule has 2 N–H and O–H groups in total. The van der Waals surface area contributed by atoms with E-state index in [9.17, 15) is 4.79 Å². The van der Waals surface area contributed by atoms with Crippen LogP contribution in [0.15, 0.2) is 30.3 Å². The lowest BCUT2D eigenvalue weighted by Crippen LogP contribution is -2.15. The quantitative estimate of drug-likeness (QED) is 0.847. The largest absolute Gasteiger partial charge is 0.456 e. The zero-order valence-corrected chi connectivity index (χ0v) is 12.8. The van der Waals surface area contributed by atoms with Crippen molar-refractivity contribution in [3.63, 3.8) is 0 Å². The number of ether oxygens (including phenoxy) is 1. The van der Waals surface area contributed by atoms with Crippen molar-refractivity contribution in [2.75, 3.05) is 0 Å². The van der Waals surface area contributed by atoms with Gasteiger partial charge in [0.15, 0.2) is 0 Å². The molecule has 1 aromatic carbocycles. The van der Waals surface area contributed by atoms with Gasteiger partial charge in [-0.1, -0.05) is 6.07 Å². The monoisotopic (exact) mass is 368 g/mol. The Labute approximate surface area is 125 Å². The maximum atomic E-state index is 11.5. The highest BCUT2D eigenvalue weighted by Gasteiger charge is 2.15. The number of benzene rings is 1. The number of primary amides is 1. The molecule has 4 nitrogen and oxygen atoms in total. The summed E-state index contributed by atoms with van der Waals surface area (Å²) in [4.78, 5) is 15.7. The number of hydrogen-bond donors (Lipinski definition) is 1. The number of halogens is 1. The summed E-state index contributed by atoms with van der Waals surface area (Å²) in [6.07, 6.45) is 0. The van der Waals surface area contributed by atoms with Crippen LogP contribution in [0.25, 0.3) is 0 Å². The van der Waals surface area contributed by atoms with Crippen molar-refractivity contribution < 1.29 is 9.53 Å². The summed E-state index contributed by atoms with van der Waals surface area (Å²) in [7, 11) is 0. The van der Waals surface area contributed by atoms with Crippen molar-refractivity contribution in [2.45, 2.75) is 13.8 Å². The van der Waals surface area contributed by atoms with E-state index >= 15 is 0 Å². The number of carbonyl (C=O) groups excluding carboxylic acids is 1. The lowest BCUT2D eigenvalue weighted by molar-refractivity contribution is 0.0997. The number of hydrogen-bond acceptors (Lipinski definition) is 3. The third-order valence-electron chi connectivity index (χ3n) is 2.56. The van der Waals surface area contributed by atoms with Gasteiger partial charge in [-0.2, -0.15) is 0 Å². The molecule has 98 valence electrons. The Balaban J connectivity index is 2.47. The Hall–Kier alpha value is -1.63. The van der Waals surface area contributed by atoms with Crippen molar-refractivity contribution in [3.05, 3.63) is 50.9 Å². The van der Waals surface area contributed by atoms with E-state index in [0.29, 0.717) is 22.8 Å². The molecular formula is C14H13IN2O2. The van der Waals surface area contributed by atoms with E-state index in [1.54, 1.807) is 13.0 Å². The molecule has 19 heavy (non-hydrogen) atoms. The van der Waals surface area contributed by atoms with Gasteiger partial charge in [-0.05, 0) is 54.6 Å². The van der Waals surface area contributed by atoms with Gasteiger partial charge < -0.3 is 10.5 Å². The number of nitrogens with two attached hydrogens (primary N) is 1. The van der Waals surface area contributed by atoms with Gasteiger partial charge in [0.05, 0.1) is 5.69 Å². The van der Waals surface area contributed by atoms with Gasteiger partial charge in [-0.25, -0.2) is 0 Å². The predicted molar refractivity (Wildman–Crippen MR) is 81.5 cm³/mol. The zero-order chi connectivity index (χ0) is 14.0. The fourth-order valence-corrected chi connectivity index (χ4v) is 2.35. The van der Waals surface area contributed by atoms with Crippen LogP contribution in [0, 0.1) is 17.4 Å². The molecule has 2 rings (SSSR count). The second-order valence-electron chi connectivity index (χ2n) is 4.15. The average molecular weight is 368 g/mol. The van der Waals surface area contributed by atoms with Crippen LogP contribution in [0.3, 0.4) is 0 Å². The predicted octanol–water partition coefficient (Wildman–Crippen LogP) is 3.19. The van der Waals surface area contributed by atoms with Crippen molar-refractivity contribution in [3.8, 4) is 11.5 Å². The number of amides is 1. The number of carbonyl (C=O) groups is 1. The lowest BCUT2D eigenvalue weighted by atomic mass is 10.1. The number of aryl methyl sites for hydroxylation is 2. The molecule has 0 saturated heterocycles. The fourth-order valence-electron chi connectivity index (χ4n) is 1.83. The highest BCUT2D eigenvalue weighted by atomic mass is 127. The summed E-state index contributed by atoms with van der Waals surface area (Å²) in [5.74, 6) is 0.574. The van der Waals surface area contributed by atoms with Gasteiger partial charge in [0.2, 0.25) is 0 Å². The Morgan fingerprint density at radius 2 is 2.05 bits per heavy atom. The van der Waals surface area contributed by atoms with Crippen molar-refractivity contribution >= 4 is 28.5 Å². The number of nitrogens with zero attached hydrogens (tertiary/aromatic N) is 1. The summed E-state index contributed by atoms with van der Waals surface area (Å²) in [6.45, 7) is 3.59. The molecule has 0 aliphatic heterocycles. The Kier molecular flexibility index (Phi) is 4.04. The first-order valence-electron chi connectivity index (χ1n) is 5.69. The molecule has 0 fully saturated rings.